The molecule has 0 aliphatic carbocycles. The van der Waals surface area contributed by atoms with Crippen LogP contribution in [0.1, 0.15) is 41.0 Å². The van der Waals surface area contributed by atoms with Gasteiger partial charge in [-0.15, -0.1) is 0 Å². The summed E-state index contributed by atoms with van der Waals surface area (Å²) in [4.78, 5) is 23.7. The lowest BCUT2D eigenvalue weighted by Crippen LogP contribution is -2.47. The van der Waals surface area contributed by atoms with E-state index in [1.165, 1.54) is 0 Å². The van der Waals surface area contributed by atoms with E-state index in [9.17, 15) is 9.59 Å². The predicted molar refractivity (Wildman–Crippen MR) is 78.2 cm³/mol. The smallest absolute Gasteiger partial charge is 0.329 e. The number of rotatable bonds is 5. The second-order valence-corrected chi connectivity index (χ2v) is 6.28. The van der Waals surface area contributed by atoms with Crippen molar-refractivity contribution in [2.75, 3.05) is 13.1 Å². The molecule has 0 radical (unpaired) electrons. The first kappa shape index (κ1) is 16.7. The van der Waals surface area contributed by atoms with Gasteiger partial charge in [0, 0.05) is 18.3 Å². The summed E-state index contributed by atoms with van der Waals surface area (Å²) in [6.07, 6.45) is 2.42. The lowest BCUT2D eigenvalue weighted by Gasteiger charge is -2.29. The molecule has 0 aromatic rings. The maximum Gasteiger partial charge on any atom is 0.329 e. The van der Waals surface area contributed by atoms with Gasteiger partial charge in [-0.3, -0.25) is 4.79 Å². The van der Waals surface area contributed by atoms with E-state index in [1.807, 2.05) is 34.6 Å². The van der Waals surface area contributed by atoms with E-state index < -0.39 is 11.6 Å². The minimum Gasteiger partial charge on any atom is -0.458 e. The van der Waals surface area contributed by atoms with Gasteiger partial charge in [0.05, 0.1) is 6.54 Å². The highest BCUT2D eigenvalue weighted by atomic mass is 16.6. The van der Waals surface area contributed by atoms with E-state index >= 15 is 0 Å². The van der Waals surface area contributed by atoms with Gasteiger partial charge in [-0.2, -0.15) is 0 Å². The van der Waals surface area contributed by atoms with Crippen LogP contribution in [0.25, 0.3) is 0 Å². The van der Waals surface area contributed by atoms with Crippen LogP contribution in [0.5, 0.6) is 0 Å². The van der Waals surface area contributed by atoms with Gasteiger partial charge in [0.25, 0.3) is 0 Å². The largest absolute Gasteiger partial charge is 0.458 e. The summed E-state index contributed by atoms with van der Waals surface area (Å²) >= 11 is 0. The summed E-state index contributed by atoms with van der Waals surface area (Å²) < 4.78 is 5.46. The first-order valence-corrected chi connectivity index (χ1v) is 7.16. The van der Waals surface area contributed by atoms with E-state index in [0.717, 1.165) is 12.1 Å². The van der Waals surface area contributed by atoms with Gasteiger partial charge >= 0.3 is 5.97 Å². The Morgan fingerprint density at radius 3 is 2.60 bits per heavy atom. The van der Waals surface area contributed by atoms with Crippen LogP contribution in [0.4, 0.5) is 0 Å². The van der Waals surface area contributed by atoms with Crippen molar-refractivity contribution in [1.29, 1.82) is 0 Å². The average Bonchev–Trinajstić information content (AvgIpc) is 2.33. The monoisotopic (exact) mass is 282 g/mol. The van der Waals surface area contributed by atoms with Crippen molar-refractivity contribution < 1.29 is 14.3 Å². The van der Waals surface area contributed by atoms with Gasteiger partial charge in [-0.05, 0) is 26.7 Å². The SMILES string of the molecule is CC[C@H](C)[C@H](NC1=CC(=O)CNC1)C(=O)OC(C)(C)C. The molecule has 0 saturated heterocycles. The molecule has 20 heavy (non-hydrogen) atoms. The molecule has 1 aliphatic heterocycles. The van der Waals surface area contributed by atoms with Crippen LogP contribution in [0.15, 0.2) is 11.8 Å². The molecule has 1 rings (SSSR count). The molecule has 1 heterocycles. The minimum atomic E-state index is -0.514. The lowest BCUT2D eigenvalue weighted by molar-refractivity contribution is -0.158. The quantitative estimate of drug-likeness (QED) is 0.746. The molecule has 0 amide bonds. The van der Waals surface area contributed by atoms with Gasteiger partial charge in [0.15, 0.2) is 5.78 Å². The molecular formula is C15H26N2O3. The maximum atomic E-state index is 12.3. The van der Waals surface area contributed by atoms with Crippen molar-refractivity contribution in [1.82, 2.24) is 10.6 Å². The van der Waals surface area contributed by atoms with Gasteiger partial charge in [0.2, 0.25) is 0 Å². The first-order valence-electron chi connectivity index (χ1n) is 7.16. The number of hydrogen-bond donors (Lipinski definition) is 2. The van der Waals surface area contributed by atoms with Gasteiger partial charge in [0.1, 0.15) is 11.6 Å². The normalized spacial score (nSPS) is 19.1. The summed E-state index contributed by atoms with van der Waals surface area (Å²) in [5, 5.41) is 6.16. The van der Waals surface area contributed by atoms with E-state index in [2.05, 4.69) is 10.6 Å². The molecule has 5 nitrogen and oxygen atoms in total. The Morgan fingerprint density at radius 2 is 2.10 bits per heavy atom. The average molecular weight is 282 g/mol. The molecule has 114 valence electrons. The highest BCUT2D eigenvalue weighted by Gasteiger charge is 2.29. The number of hydrogen-bond acceptors (Lipinski definition) is 5. The second kappa shape index (κ2) is 6.88. The number of carbonyl (C=O) groups is 2. The van der Waals surface area contributed by atoms with Crippen LogP contribution in [-0.2, 0) is 14.3 Å². The molecule has 1 aliphatic rings. The molecule has 0 fully saturated rings. The summed E-state index contributed by atoms with van der Waals surface area (Å²) in [5.41, 5.74) is 0.233. The molecule has 0 aromatic carbocycles. The molecule has 0 spiro atoms. The number of ether oxygens (including phenoxy) is 1. The van der Waals surface area contributed by atoms with Crippen molar-refractivity contribution in [2.24, 2.45) is 5.92 Å². The van der Waals surface area contributed by atoms with Crippen molar-refractivity contribution in [3.63, 3.8) is 0 Å². The Labute approximate surface area is 121 Å². The maximum absolute atomic E-state index is 12.3. The number of nitrogens with one attached hydrogen (secondary N) is 2. The zero-order valence-electron chi connectivity index (χ0n) is 13.1. The van der Waals surface area contributed by atoms with Crippen molar-refractivity contribution in [3.05, 3.63) is 11.8 Å². The summed E-state index contributed by atoms with van der Waals surface area (Å²) in [6.45, 7) is 10.5. The summed E-state index contributed by atoms with van der Waals surface area (Å²) in [7, 11) is 0. The Bertz CT molecular complexity index is 396. The van der Waals surface area contributed by atoms with E-state index in [1.54, 1.807) is 6.08 Å². The zero-order valence-corrected chi connectivity index (χ0v) is 13.1. The summed E-state index contributed by atoms with van der Waals surface area (Å²) in [5.74, 6) is -0.126. The molecule has 0 aromatic heterocycles. The first-order chi connectivity index (χ1) is 9.23. The Balaban J connectivity index is 2.79. The Morgan fingerprint density at radius 1 is 1.45 bits per heavy atom. The summed E-state index contributed by atoms with van der Waals surface area (Å²) in [6, 6.07) is -0.432. The number of ketones is 1. The Kier molecular flexibility index (Phi) is 5.74. The molecule has 0 saturated carbocycles. The fourth-order valence-corrected chi connectivity index (χ4v) is 1.94. The van der Waals surface area contributed by atoms with Crippen LogP contribution in [0.3, 0.4) is 0 Å². The number of carbonyl (C=O) groups excluding carboxylic acids is 2. The molecule has 0 bridgehead atoms. The molecule has 5 heteroatoms. The molecule has 0 unspecified atom stereocenters. The van der Waals surface area contributed by atoms with Gasteiger partial charge in [-0.25, -0.2) is 4.79 Å². The van der Waals surface area contributed by atoms with Gasteiger partial charge in [-0.1, -0.05) is 20.3 Å². The zero-order chi connectivity index (χ0) is 15.3. The third kappa shape index (κ3) is 5.33. The molecule has 2 atom stereocenters. The fraction of sp³-hybridized carbons (Fsp3) is 0.733. The topological polar surface area (TPSA) is 67.4 Å². The predicted octanol–water partition coefficient (Wildman–Crippen LogP) is 1.39. The Hall–Kier alpha value is -1.36. The molecule has 2 N–H and O–H groups in total. The van der Waals surface area contributed by atoms with Crippen LogP contribution in [0, 0.1) is 5.92 Å². The fourth-order valence-electron chi connectivity index (χ4n) is 1.94. The van der Waals surface area contributed by atoms with E-state index in [4.69, 9.17) is 4.74 Å². The van der Waals surface area contributed by atoms with Crippen molar-refractivity contribution in [2.45, 2.75) is 52.7 Å². The number of esters is 1. The highest BCUT2D eigenvalue weighted by molar-refractivity contribution is 5.93. The lowest BCUT2D eigenvalue weighted by atomic mass is 9.98. The van der Waals surface area contributed by atoms with Gasteiger partial charge < -0.3 is 15.4 Å². The van der Waals surface area contributed by atoms with E-state index in [0.29, 0.717) is 13.1 Å². The van der Waals surface area contributed by atoms with Crippen LogP contribution in [0.2, 0.25) is 0 Å². The molecular weight excluding hydrogens is 256 g/mol. The highest BCUT2D eigenvalue weighted by Crippen LogP contribution is 2.16. The van der Waals surface area contributed by atoms with Crippen molar-refractivity contribution in [3.8, 4) is 0 Å². The third-order valence-electron chi connectivity index (χ3n) is 3.16. The standard InChI is InChI=1S/C15H26N2O3/c1-6-10(2)13(14(19)20-15(3,4)5)17-11-7-12(18)9-16-8-11/h7,10,13,16-17H,6,8-9H2,1-5H3/t10-,13-/m0/s1. The van der Waals surface area contributed by atoms with Crippen molar-refractivity contribution >= 4 is 11.8 Å². The van der Waals surface area contributed by atoms with Crippen LogP contribution < -0.4 is 10.6 Å². The van der Waals surface area contributed by atoms with Crippen LogP contribution >= 0.6 is 0 Å². The van der Waals surface area contributed by atoms with Crippen LogP contribution in [-0.4, -0.2) is 36.5 Å². The third-order valence-corrected chi connectivity index (χ3v) is 3.16. The van der Waals surface area contributed by atoms with E-state index in [-0.39, 0.29) is 17.7 Å². The minimum absolute atomic E-state index is 0.0193. The second-order valence-electron chi connectivity index (χ2n) is 6.28.